The maximum atomic E-state index is 12.5. The lowest BCUT2D eigenvalue weighted by Gasteiger charge is -2.17. The second kappa shape index (κ2) is 6.62. The van der Waals surface area contributed by atoms with Crippen molar-refractivity contribution < 1.29 is 8.42 Å². The maximum Gasteiger partial charge on any atom is 0.218 e. The summed E-state index contributed by atoms with van der Waals surface area (Å²) in [6, 6.07) is 9.24. The highest BCUT2D eigenvalue weighted by molar-refractivity contribution is 7.88. The van der Waals surface area contributed by atoms with Crippen LogP contribution in [-0.4, -0.2) is 29.6 Å². The monoisotopic (exact) mass is 321 g/mol. The van der Waals surface area contributed by atoms with E-state index in [2.05, 4.69) is 5.10 Å². The molecule has 0 aliphatic carbocycles. The van der Waals surface area contributed by atoms with Crippen LogP contribution in [0.5, 0.6) is 0 Å². The van der Waals surface area contributed by atoms with Crippen molar-refractivity contribution in [1.29, 1.82) is 0 Å². The highest BCUT2D eigenvalue weighted by Gasteiger charge is 2.21. The lowest BCUT2D eigenvalue weighted by molar-refractivity contribution is 0.464. The van der Waals surface area contributed by atoms with E-state index in [4.69, 9.17) is 0 Å². The van der Waals surface area contributed by atoms with Gasteiger partial charge in [-0.1, -0.05) is 30.3 Å². The fourth-order valence-electron chi connectivity index (χ4n) is 2.49. The summed E-state index contributed by atoms with van der Waals surface area (Å²) in [4.78, 5) is 0. The lowest BCUT2D eigenvalue weighted by Crippen LogP contribution is -2.28. The Morgan fingerprint density at radius 1 is 1.18 bits per heavy atom. The molecule has 120 valence electrons. The highest BCUT2D eigenvalue weighted by atomic mass is 32.2. The highest BCUT2D eigenvalue weighted by Crippen LogP contribution is 2.18. The van der Waals surface area contributed by atoms with Crippen molar-refractivity contribution in [2.24, 2.45) is 0 Å². The molecule has 0 aliphatic heterocycles. The molecule has 0 radical (unpaired) electrons. The molecular weight excluding hydrogens is 298 g/mol. The van der Waals surface area contributed by atoms with Crippen molar-refractivity contribution in [2.75, 3.05) is 7.05 Å². The van der Waals surface area contributed by atoms with E-state index < -0.39 is 10.0 Å². The molecule has 0 aliphatic rings. The van der Waals surface area contributed by atoms with Gasteiger partial charge in [-0.3, -0.25) is 4.68 Å². The second-order valence-electron chi connectivity index (χ2n) is 5.46. The van der Waals surface area contributed by atoms with Crippen molar-refractivity contribution in [1.82, 2.24) is 14.1 Å². The molecule has 0 amide bonds. The van der Waals surface area contributed by atoms with Crippen LogP contribution in [0.25, 0.3) is 0 Å². The SMILES string of the molecule is CCn1nc(C)c(CN(C)S(=O)(=O)Cc2ccccc2)c1C. The molecule has 0 saturated carbocycles. The third-order valence-corrected chi connectivity index (χ3v) is 5.66. The summed E-state index contributed by atoms with van der Waals surface area (Å²) in [5.74, 6) is 0.0182. The van der Waals surface area contributed by atoms with Gasteiger partial charge >= 0.3 is 0 Å². The van der Waals surface area contributed by atoms with Gasteiger partial charge in [-0.25, -0.2) is 12.7 Å². The number of aryl methyl sites for hydroxylation is 2. The molecule has 1 heterocycles. The van der Waals surface area contributed by atoms with Gasteiger partial charge in [0.05, 0.1) is 11.4 Å². The zero-order valence-corrected chi connectivity index (χ0v) is 14.4. The molecule has 6 heteroatoms. The van der Waals surface area contributed by atoms with Gasteiger partial charge in [0.15, 0.2) is 0 Å². The number of nitrogens with zero attached hydrogens (tertiary/aromatic N) is 3. The van der Waals surface area contributed by atoms with E-state index in [0.717, 1.165) is 29.1 Å². The Labute approximate surface area is 132 Å². The molecule has 0 atom stereocenters. The Balaban J connectivity index is 2.18. The maximum absolute atomic E-state index is 12.5. The molecule has 22 heavy (non-hydrogen) atoms. The lowest BCUT2D eigenvalue weighted by atomic mass is 10.2. The standard InChI is InChI=1S/C16H23N3O2S/c1-5-19-14(3)16(13(2)17-19)11-18(4)22(20,21)12-15-9-7-6-8-10-15/h6-10H,5,11-12H2,1-4H3. The summed E-state index contributed by atoms with van der Waals surface area (Å²) in [7, 11) is -1.72. The summed E-state index contributed by atoms with van der Waals surface area (Å²) >= 11 is 0. The van der Waals surface area contributed by atoms with Gasteiger partial charge in [0.2, 0.25) is 10.0 Å². The van der Waals surface area contributed by atoms with E-state index >= 15 is 0 Å². The zero-order valence-electron chi connectivity index (χ0n) is 13.6. The number of hydrogen-bond donors (Lipinski definition) is 0. The molecule has 0 saturated heterocycles. The van der Waals surface area contributed by atoms with Crippen molar-refractivity contribution >= 4 is 10.0 Å². The van der Waals surface area contributed by atoms with E-state index in [-0.39, 0.29) is 5.75 Å². The average molecular weight is 321 g/mol. The van der Waals surface area contributed by atoms with E-state index in [1.54, 1.807) is 7.05 Å². The number of benzene rings is 1. The van der Waals surface area contributed by atoms with E-state index in [9.17, 15) is 8.42 Å². The van der Waals surface area contributed by atoms with Crippen LogP contribution < -0.4 is 0 Å². The minimum absolute atomic E-state index is 0.0182. The molecule has 2 rings (SSSR count). The Hall–Kier alpha value is -1.66. The van der Waals surface area contributed by atoms with Crippen LogP contribution in [0.15, 0.2) is 30.3 Å². The first-order valence-corrected chi connectivity index (χ1v) is 8.97. The van der Waals surface area contributed by atoms with Crippen LogP contribution in [0.4, 0.5) is 0 Å². The van der Waals surface area contributed by atoms with Crippen LogP contribution in [0.3, 0.4) is 0 Å². The minimum Gasteiger partial charge on any atom is -0.270 e. The number of rotatable bonds is 6. The topological polar surface area (TPSA) is 55.2 Å². The molecule has 1 aromatic carbocycles. The van der Waals surface area contributed by atoms with Crippen LogP contribution >= 0.6 is 0 Å². The number of aromatic nitrogens is 2. The van der Waals surface area contributed by atoms with Gasteiger partial charge in [0, 0.05) is 31.4 Å². The third kappa shape index (κ3) is 3.56. The normalized spacial score (nSPS) is 12.0. The third-order valence-electron chi connectivity index (χ3n) is 3.88. The average Bonchev–Trinajstić information content (AvgIpc) is 2.75. The minimum atomic E-state index is -3.35. The summed E-state index contributed by atoms with van der Waals surface area (Å²) in [6.07, 6.45) is 0. The van der Waals surface area contributed by atoms with Crippen molar-refractivity contribution in [3.8, 4) is 0 Å². The van der Waals surface area contributed by atoms with Gasteiger partial charge in [-0.2, -0.15) is 5.10 Å². The van der Waals surface area contributed by atoms with Crippen molar-refractivity contribution in [3.63, 3.8) is 0 Å². The summed E-state index contributed by atoms with van der Waals surface area (Å²) in [5.41, 5.74) is 3.70. The predicted molar refractivity (Wildman–Crippen MR) is 87.9 cm³/mol. The first-order chi connectivity index (χ1) is 10.3. The smallest absolute Gasteiger partial charge is 0.218 e. The summed E-state index contributed by atoms with van der Waals surface area (Å²) in [5, 5.41) is 4.44. The molecule has 0 bridgehead atoms. The molecule has 0 spiro atoms. The zero-order chi connectivity index (χ0) is 16.3. The molecular formula is C16H23N3O2S. The van der Waals surface area contributed by atoms with Crippen LogP contribution in [0, 0.1) is 13.8 Å². The van der Waals surface area contributed by atoms with E-state index in [1.165, 1.54) is 4.31 Å². The molecule has 0 N–H and O–H groups in total. The fraction of sp³-hybridized carbons (Fsp3) is 0.438. The van der Waals surface area contributed by atoms with Gasteiger partial charge in [0.25, 0.3) is 0 Å². The Morgan fingerprint density at radius 2 is 1.82 bits per heavy atom. The number of sulfonamides is 1. The quantitative estimate of drug-likeness (QED) is 0.821. The van der Waals surface area contributed by atoms with E-state index in [0.29, 0.717) is 6.54 Å². The second-order valence-corrected chi connectivity index (χ2v) is 7.54. The molecule has 1 aromatic heterocycles. The van der Waals surface area contributed by atoms with Gasteiger partial charge < -0.3 is 0 Å². The first-order valence-electron chi connectivity index (χ1n) is 7.36. The molecule has 2 aromatic rings. The summed E-state index contributed by atoms with van der Waals surface area (Å²) < 4.78 is 28.3. The van der Waals surface area contributed by atoms with Crippen LogP contribution in [0.2, 0.25) is 0 Å². The van der Waals surface area contributed by atoms with Crippen molar-refractivity contribution in [2.45, 2.75) is 39.6 Å². The van der Waals surface area contributed by atoms with Crippen molar-refractivity contribution in [3.05, 3.63) is 52.8 Å². The summed E-state index contributed by atoms with van der Waals surface area (Å²) in [6.45, 7) is 7.07. The van der Waals surface area contributed by atoms with Gasteiger partial charge in [-0.05, 0) is 26.3 Å². The van der Waals surface area contributed by atoms with E-state index in [1.807, 2.05) is 55.8 Å². The molecule has 5 nitrogen and oxygen atoms in total. The van der Waals surface area contributed by atoms with Crippen LogP contribution in [-0.2, 0) is 28.9 Å². The predicted octanol–water partition coefficient (Wildman–Crippen LogP) is 2.48. The fourth-order valence-corrected chi connectivity index (χ4v) is 3.65. The van der Waals surface area contributed by atoms with Gasteiger partial charge in [0.1, 0.15) is 0 Å². The van der Waals surface area contributed by atoms with Crippen LogP contribution in [0.1, 0.15) is 29.4 Å². The molecule has 0 fully saturated rings. The van der Waals surface area contributed by atoms with Gasteiger partial charge in [-0.15, -0.1) is 0 Å². The first kappa shape index (κ1) is 16.7. The Kier molecular flexibility index (Phi) is 5.03. The number of hydrogen-bond acceptors (Lipinski definition) is 3. The largest absolute Gasteiger partial charge is 0.270 e. The molecule has 0 unspecified atom stereocenters. The Morgan fingerprint density at radius 3 is 2.36 bits per heavy atom. The Bertz CT molecular complexity index is 736.